The van der Waals surface area contributed by atoms with Crippen LogP contribution in [0.4, 0.5) is 0 Å². The van der Waals surface area contributed by atoms with E-state index in [1.54, 1.807) is 0 Å². The molecule has 0 amide bonds. The first-order valence-corrected chi connectivity index (χ1v) is 6.79. The van der Waals surface area contributed by atoms with E-state index >= 15 is 0 Å². The summed E-state index contributed by atoms with van der Waals surface area (Å²) in [6.45, 7) is 0. The molecule has 0 radical (unpaired) electrons. The van der Waals surface area contributed by atoms with Crippen LogP contribution in [0.1, 0.15) is 17.3 Å². The van der Waals surface area contributed by atoms with Crippen LogP contribution in [-0.2, 0) is 6.42 Å². The number of fused-ring (bicyclic) bond motifs is 1. The smallest absolute Gasteiger partial charge is 0.0705 e. The molecule has 3 nitrogen and oxygen atoms in total. The first-order chi connectivity index (χ1) is 9.88. The Morgan fingerprint density at radius 1 is 0.950 bits per heavy atom. The quantitative estimate of drug-likeness (QED) is 0.786. The van der Waals surface area contributed by atoms with Gasteiger partial charge in [0.25, 0.3) is 0 Å². The van der Waals surface area contributed by atoms with Crippen LogP contribution in [0.2, 0.25) is 0 Å². The zero-order valence-corrected chi connectivity index (χ0v) is 11.5. The second-order valence-electron chi connectivity index (χ2n) is 4.78. The minimum atomic E-state index is 0.234. The maximum atomic E-state index is 4.42. The number of nitrogens with one attached hydrogen (secondary N) is 1. The summed E-state index contributed by atoms with van der Waals surface area (Å²) in [5, 5.41) is 4.59. The predicted octanol–water partition coefficient (Wildman–Crippen LogP) is 3.13. The van der Waals surface area contributed by atoms with Gasteiger partial charge in [0.2, 0.25) is 0 Å². The highest BCUT2D eigenvalue weighted by Gasteiger charge is 2.13. The number of hydrogen-bond acceptors (Lipinski definition) is 3. The van der Waals surface area contributed by atoms with Gasteiger partial charge in [-0.3, -0.25) is 9.97 Å². The standard InChI is InChI=1S/C17H17N3/c1-18-17(12-13-6-4-5-10-19-13)15-9-11-20-16-8-3-2-7-14(15)16/h2-11,17-18H,12H2,1H3. The lowest BCUT2D eigenvalue weighted by Crippen LogP contribution is -2.19. The van der Waals surface area contributed by atoms with Crippen molar-refractivity contribution in [1.82, 2.24) is 15.3 Å². The zero-order valence-electron chi connectivity index (χ0n) is 11.5. The van der Waals surface area contributed by atoms with Crippen LogP contribution in [0.3, 0.4) is 0 Å². The summed E-state index contributed by atoms with van der Waals surface area (Å²) in [6.07, 6.45) is 4.58. The summed E-state index contributed by atoms with van der Waals surface area (Å²) in [7, 11) is 1.99. The molecule has 3 aromatic rings. The molecule has 0 saturated heterocycles. The molecule has 2 heterocycles. The fourth-order valence-corrected chi connectivity index (χ4v) is 2.52. The third-order valence-corrected chi connectivity index (χ3v) is 3.55. The second-order valence-corrected chi connectivity index (χ2v) is 4.78. The van der Waals surface area contributed by atoms with Crippen LogP contribution in [0, 0.1) is 0 Å². The summed E-state index contributed by atoms with van der Waals surface area (Å²) < 4.78 is 0. The molecule has 1 atom stereocenters. The molecule has 0 aliphatic carbocycles. The van der Waals surface area contributed by atoms with Crippen molar-refractivity contribution >= 4 is 10.9 Å². The first kappa shape index (κ1) is 12.8. The Kier molecular flexibility index (Phi) is 3.70. The van der Waals surface area contributed by atoms with E-state index in [0.717, 1.165) is 17.6 Å². The van der Waals surface area contributed by atoms with Gasteiger partial charge in [0.15, 0.2) is 0 Å². The van der Waals surface area contributed by atoms with Gasteiger partial charge >= 0.3 is 0 Å². The maximum Gasteiger partial charge on any atom is 0.0705 e. The van der Waals surface area contributed by atoms with Gasteiger partial charge in [0.1, 0.15) is 0 Å². The Hall–Kier alpha value is -2.26. The molecule has 2 aromatic heterocycles. The van der Waals surface area contributed by atoms with Gasteiger partial charge in [-0.1, -0.05) is 24.3 Å². The average Bonchev–Trinajstić information content (AvgIpc) is 2.53. The fraction of sp³-hybridized carbons (Fsp3) is 0.176. The van der Waals surface area contributed by atoms with Crippen molar-refractivity contribution in [3.05, 3.63) is 72.2 Å². The van der Waals surface area contributed by atoms with E-state index in [2.05, 4.69) is 39.6 Å². The molecule has 0 aliphatic rings. The van der Waals surface area contributed by atoms with Crippen molar-refractivity contribution in [2.75, 3.05) is 7.05 Å². The Morgan fingerprint density at radius 2 is 1.80 bits per heavy atom. The van der Waals surface area contributed by atoms with Crippen molar-refractivity contribution in [2.24, 2.45) is 0 Å². The molecular formula is C17H17N3. The molecule has 3 rings (SSSR count). The summed E-state index contributed by atoms with van der Waals surface area (Å²) in [4.78, 5) is 8.84. The summed E-state index contributed by atoms with van der Waals surface area (Å²) in [5.74, 6) is 0. The summed E-state index contributed by atoms with van der Waals surface area (Å²) in [6, 6.07) is 16.6. The topological polar surface area (TPSA) is 37.8 Å². The van der Waals surface area contributed by atoms with Crippen LogP contribution in [0.25, 0.3) is 10.9 Å². The number of aromatic nitrogens is 2. The van der Waals surface area contributed by atoms with Crippen LogP contribution in [-0.4, -0.2) is 17.0 Å². The number of benzene rings is 1. The molecule has 0 bridgehead atoms. The Morgan fingerprint density at radius 3 is 2.60 bits per heavy atom. The van der Waals surface area contributed by atoms with Gasteiger partial charge in [-0.2, -0.15) is 0 Å². The monoisotopic (exact) mass is 263 g/mol. The molecule has 1 aromatic carbocycles. The molecule has 100 valence electrons. The molecule has 20 heavy (non-hydrogen) atoms. The van der Waals surface area contributed by atoms with E-state index in [4.69, 9.17) is 0 Å². The average molecular weight is 263 g/mol. The number of hydrogen-bond donors (Lipinski definition) is 1. The van der Waals surface area contributed by atoms with Gasteiger partial charge < -0.3 is 5.32 Å². The van der Waals surface area contributed by atoms with Crippen LogP contribution < -0.4 is 5.32 Å². The van der Waals surface area contributed by atoms with Gasteiger partial charge in [-0.05, 0) is 36.9 Å². The van der Waals surface area contributed by atoms with E-state index in [1.165, 1.54) is 10.9 Å². The van der Waals surface area contributed by atoms with E-state index in [-0.39, 0.29) is 6.04 Å². The van der Waals surface area contributed by atoms with E-state index in [1.807, 2.05) is 43.7 Å². The van der Waals surface area contributed by atoms with Crippen molar-refractivity contribution in [2.45, 2.75) is 12.5 Å². The van der Waals surface area contributed by atoms with E-state index in [0.29, 0.717) is 0 Å². The van der Waals surface area contributed by atoms with E-state index in [9.17, 15) is 0 Å². The van der Waals surface area contributed by atoms with Crippen LogP contribution in [0.15, 0.2) is 60.9 Å². The molecule has 0 aliphatic heterocycles. The van der Waals surface area contributed by atoms with E-state index < -0.39 is 0 Å². The third-order valence-electron chi connectivity index (χ3n) is 3.55. The first-order valence-electron chi connectivity index (χ1n) is 6.79. The number of nitrogens with zero attached hydrogens (tertiary/aromatic N) is 2. The Bertz CT molecular complexity index is 689. The van der Waals surface area contributed by atoms with Gasteiger partial charge in [-0.25, -0.2) is 0 Å². The van der Waals surface area contributed by atoms with Crippen LogP contribution in [0.5, 0.6) is 0 Å². The predicted molar refractivity (Wildman–Crippen MR) is 81.5 cm³/mol. The van der Waals surface area contributed by atoms with Crippen LogP contribution >= 0.6 is 0 Å². The maximum absolute atomic E-state index is 4.42. The molecular weight excluding hydrogens is 246 g/mol. The van der Waals surface area contributed by atoms with Gasteiger partial charge in [-0.15, -0.1) is 0 Å². The fourth-order valence-electron chi connectivity index (χ4n) is 2.52. The highest BCUT2D eigenvalue weighted by atomic mass is 14.9. The lowest BCUT2D eigenvalue weighted by molar-refractivity contribution is 0.588. The number of pyridine rings is 2. The number of likely N-dealkylation sites (N-methyl/N-ethyl adjacent to an activating group) is 1. The lowest BCUT2D eigenvalue weighted by Gasteiger charge is -2.18. The largest absolute Gasteiger partial charge is 0.313 e. The Labute approximate surface area is 118 Å². The molecule has 3 heteroatoms. The second kappa shape index (κ2) is 5.80. The summed E-state index contributed by atoms with van der Waals surface area (Å²) >= 11 is 0. The van der Waals surface area contributed by atoms with Crippen molar-refractivity contribution in [3.63, 3.8) is 0 Å². The molecule has 0 saturated carbocycles. The summed E-state index contributed by atoms with van der Waals surface area (Å²) in [5.41, 5.74) is 3.39. The highest BCUT2D eigenvalue weighted by Crippen LogP contribution is 2.24. The molecule has 0 fully saturated rings. The van der Waals surface area contributed by atoms with Gasteiger partial charge in [0.05, 0.1) is 5.52 Å². The number of para-hydroxylation sites is 1. The zero-order chi connectivity index (χ0) is 13.8. The normalized spacial score (nSPS) is 12.4. The van der Waals surface area contributed by atoms with Gasteiger partial charge in [0, 0.05) is 35.9 Å². The van der Waals surface area contributed by atoms with Crippen molar-refractivity contribution in [1.29, 1.82) is 0 Å². The molecule has 0 spiro atoms. The highest BCUT2D eigenvalue weighted by molar-refractivity contribution is 5.82. The minimum Gasteiger partial charge on any atom is -0.313 e. The SMILES string of the molecule is CNC(Cc1ccccn1)c1ccnc2ccccc12. The lowest BCUT2D eigenvalue weighted by atomic mass is 9.98. The molecule has 1 N–H and O–H groups in total. The molecule has 1 unspecified atom stereocenters. The Balaban J connectivity index is 1.99. The number of rotatable bonds is 4. The third kappa shape index (κ3) is 2.53. The van der Waals surface area contributed by atoms with Crippen molar-refractivity contribution < 1.29 is 0 Å². The van der Waals surface area contributed by atoms with Crippen molar-refractivity contribution in [3.8, 4) is 0 Å². The minimum absolute atomic E-state index is 0.234.